The number of amides is 2. The van der Waals surface area contributed by atoms with Crippen molar-refractivity contribution in [1.29, 1.82) is 0 Å². The lowest BCUT2D eigenvalue weighted by Crippen LogP contribution is -2.38. The number of nitrogens with one attached hydrogen (secondary N) is 1. The number of hydrogen-bond acceptors (Lipinski definition) is 3. The molecule has 6 nitrogen and oxygen atoms in total. The van der Waals surface area contributed by atoms with Gasteiger partial charge in [-0.3, -0.25) is 10.1 Å². The molecule has 1 rings (SSSR count). The highest BCUT2D eigenvalue weighted by atomic mass is 35.5. The van der Waals surface area contributed by atoms with Gasteiger partial charge in [-0.1, -0.05) is 11.6 Å². The van der Waals surface area contributed by atoms with Crippen molar-refractivity contribution in [3.8, 4) is 0 Å². The molecule has 0 aliphatic heterocycles. The van der Waals surface area contributed by atoms with Crippen molar-refractivity contribution in [2.24, 2.45) is 0 Å². The lowest BCUT2D eigenvalue weighted by Gasteiger charge is -2.21. The van der Waals surface area contributed by atoms with E-state index in [1.165, 1.54) is 6.07 Å². The minimum Gasteiger partial charge on any atom is -0.319 e. The molecular formula is C11H12ClF2N3O3. The number of carbonyl (C=O) groups excluding carboxylic acids is 1. The summed E-state index contributed by atoms with van der Waals surface area (Å²) >= 11 is 5.79. The summed E-state index contributed by atoms with van der Waals surface area (Å²) in [5, 5.41) is 12.8. The van der Waals surface area contributed by atoms with Crippen LogP contribution in [0.2, 0.25) is 5.02 Å². The molecule has 0 bridgehead atoms. The molecule has 0 spiro atoms. The van der Waals surface area contributed by atoms with Gasteiger partial charge in [0, 0.05) is 18.7 Å². The van der Waals surface area contributed by atoms with Crippen molar-refractivity contribution in [1.82, 2.24) is 4.90 Å². The third-order valence-electron chi connectivity index (χ3n) is 2.43. The Balaban J connectivity index is 2.82. The second-order valence-corrected chi connectivity index (χ2v) is 4.19. The van der Waals surface area contributed by atoms with Gasteiger partial charge in [-0.15, -0.1) is 0 Å². The van der Waals surface area contributed by atoms with Gasteiger partial charge in [0.1, 0.15) is 0 Å². The first-order valence-corrected chi connectivity index (χ1v) is 6.01. The number of nitro groups is 1. The molecular weight excluding hydrogens is 296 g/mol. The van der Waals surface area contributed by atoms with Crippen LogP contribution in [0.5, 0.6) is 0 Å². The smallest absolute Gasteiger partial charge is 0.319 e. The molecule has 0 radical (unpaired) electrons. The number of benzene rings is 1. The average Bonchev–Trinajstić information content (AvgIpc) is 2.37. The molecule has 110 valence electrons. The maximum absolute atomic E-state index is 12.3. The lowest BCUT2D eigenvalue weighted by molar-refractivity contribution is -0.384. The minimum atomic E-state index is -2.65. The Hall–Kier alpha value is -1.96. The zero-order valence-electron chi connectivity index (χ0n) is 10.5. The van der Waals surface area contributed by atoms with E-state index in [0.29, 0.717) is 0 Å². The van der Waals surface area contributed by atoms with Crippen molar-refractivity contribution >= 4 is 29.0 Å². The van der Waals surface area contributed by atoms with Crippen LogP contribution in [0.3, 0.4) is 0 Å². The van der Waals surface area contributed by atoms with Crippen LogP contribution in [-0.2, 0) is 0 Å². The summed E-state index contributed by atoms with van der Waals surface area (Å²) in [5.74, 6) is 0. The standard InChI is InChI=1S/C11H12ClF2N3O3/c1-2-16(6-10(13)14)11(18)15-9-4-3-7(17(19)20)5-8(9)12/h3-5,10H,2,6H2,1H3,(H,15,18). The summed E-state index contributed by atoms with van der Waals surface area (Å²) in [4.78, 5) is 22.5. The van der Waals surface area contributed by atoms with Crippen molar-refractivity contribution in [3.63, 3.8) is 0 Å². The number of alkyl halides is 2. The quantitative estimate of drug-likeness (QED) is 0.669. The van der Waals surface area contributed by atoms with Gasteiger partial charge in [0.15, 0.2) is 0 Å². The van der Waals surface area contributed by atoms with E-state index in [1.54, 1.807) is 6.92 Å². The Labute approximate surface area is 118 Å². The van der Waals surface area contributed by atoms with Gasteiger partial charge in [0.05, 0.1) is 22.2 Å². The highest BCUT2D eigenvalue weighted by Gasteiger charge is 2.18. The molecule has 1 aromatic rings. The second kappa shape index (κ2) is 6.99. The maximum atomic E-state index is 12.3. The molecule has 20 heavy (non-hydrogen) atoms. The van der Waals surface area contributed by atoms with Crippen molar-refractivity contribution in [2.75, 3.05) is 18.4 Å². The van der Waals surface area contributed by atoms with E-state index in [4.69, 9.17) is 11.6 Å². The molecule has 1 aromatic carbocycles. The Morgan fingerprint density at radius 1 is 1.55 bits per heavy atom. The SMILES string of the molecule is CCN(CC(F)F)C(=O)Nc1ccc([N+](=O)[O-])cc1Cl. The fourth-order valence-electron chi connectivity index (χ4n) is 1.44. The van der Waals surface area contributed by atoms with E-state index in [9.17, 15) is 23.7 Å². The van der Waals surface area contributed by atoms with Crippen LogP contribution in [-0.4, -0.2) is 35.4 Å². The van der Waals surface area contributed by atoms with E-state index in [1.807, 2.05) is 0 Å². The van der Waals surface area contributed by atoms with E-state index < -0.39 is 23.9 Å². The molecule has 0 heterocycles. The molecule has 0 atom stereocenters. The minimum absolute atomic E-state index is 0.0411. The van der Waals surface area contributed by atoms with Crippen LogP contribution in [0, 0.1) is 10.1 Å². The number of hydrogen-bond donors (Lipinski definition) is 1. The van der Waals surface area contributed by atoms with Crippen molar-refractivity contribution < 1.29 is 18.5 Å². The maximum Gasteiger partial charge on any atom is 0.322 e. The van der Waals surface area contributed by atoms with E-state index in [-0.39, 0.29) is 22.9 Å². The van der Waals surface area contributed by atoms with Gasteiger partial charge in [-0.25, -0.2) is 13.6 Å². The van der Waals surface area contributed by atoms with Gasteiger partial charge in [-0.05, 0) is 13.0 Å². The zero-order chi connectivity index (χ0) is 15.3. The Morgan fingerprint density at radius 3 is 2.65 bits per heavy atom. The summed E-state index contributed by atoms with van der Waals surface area (Å²) in [7, 11) is 0. The molecule has 0 aliphatic rings. The third kappa shape index (κ3) is 4.30. The van der Waals surface area contributed by atoms with Crippen LogP contribution in [0.4, 0.5) is 25.0 Å². The summed E-state index contributed by atoms with van der Waals surface area (Å²) in [5.41, 5.74) is -0.108. The van der Waals surface area contributed by atoms with Crippen LogP contribution in [0.25, 0.3) is 0 Å². The Bertz CT molecular complexity index is 514. The summed E-state index contributed by atoms with van der Waals surface area (Å²) < 4.78 is 24.5. The fourth-order valence-corrected chi connectivity index (χ4v) is 1.66. The number of rotatable bonds is 5. The molecule has 0 aromatic heterocycles. The molecule has 2 amide bonds. The zero-order valence-corrected chi connectivity index (χ0v) is 11.2. The first-order chi connectivity index (χ1) is 9.35. The molecule has 0 saturated heterocycles. The monoisotopic (exact) mass is 307 g/mol. The number of carbonyl (C=O) groups is 1. The van der Waals surface area contributed by atoms with Gasteiger partial charge in [0.2, 0.25) is 0 Å². The number of non-ortho nitro benzene ring substituents is 1. The average molecular weight is 308 g/mol. The molecule has 9 heteroatoms. The van der Waals surface area contributed by atoms with Crippen LogP contribution in [0.15, 0.2) is 18.2 Å². The number of anilines is 1. The van der Waals surface area contributed by atoms with Crippen molar-refractivity contribution in [2.45, 2.75) is 13.3 Å². The number of halogens is 3. The third-order valence-corrected chi connectivity index (χ3v) is 2.75. The first kappa shape index (κ1) is 16.1. The van der Waals surface area contributed by atoms with Crippen molar-refractivity contribution in [3.05, 3.63) is 33.3 Å². The first-order valence-electron chi connectivity index (χ1n) is 5.63. The van der Waals surface area contributed by atoms with E-state index in [2.05, 4.69) is 5.32 Å². The molecule has 1 N–H and O–H groups in total. The molecule has 0 fully saturated rings. The van der Waals surface area contributed by atoms with E-state index >= 15 is 0 Å². The van der Waals surface area contributed by atoms with Gasteiger partial charge in [-0.2, -0.15) is 0 Å². The molecule has 0 unspecified atom stereocenters. The highest BCUT2D eigenvalue weighted by Crippen LogP contribution is 2.26. The molecule has 0 saturated carbocycles. The summed E-state index contributed by atoms with van der Waals surface area (Å²) in [6.45, 7) is 0.951. The number of nitro benzene ring substituents is 1. The predicted octanol–water partition coefficient (Wildman–Crippen LogP) is 3.37. The highest BCUT2D eigenvalue weighted by molar-refractivity contribution is 6.33. The predicted molar refractivity (Wildman–Crippen MR) is 70.4 cm³/mol. The van der Waals surface area contributed by atoms with Gasteiger partial charge >= 0.3 is 6.03 Å². The molecule has 0 aliphatic carbocycles. The van der Waals surface area contributed by atoms with Crippen LogP contribution >= 0.6 is 11.6 Å². The topological polar surface area (TPSA) is 75.5 Å². The number of urea groups is 1. The van der Waals surface area contributed by atoms with Gasteiger partial charge < -0.3 is 10.2 Å². The Morgan fingerprint density at radius 2 is 2.20 bits per heavy atom. The lowest BCUT2D eigenvalue weighted by atomic mass is 10.3. The normalized spacial score (nSPS) is 10.4. The summed E-state index contributed by atoms with van der Waals surface area (Å²) in [6, 6.07) is 2.73. The second-order valence-electron chi connectivity index (χ2n) is 3.78. The van der Waals surface area contributed by atoms with E-state index in [0.717, 1.165) is 17.0 Å². The van der Waals surface area contributed by atoms with Crippen LogP contribution < -0.4 is 5.32 Å². The summed E-state index contributed by atoms with van der Waals surface area (Å²) in [6.07, 6.45) is -2.65. The Kier molecular flexibility index (Phi) is 5.63. The largest absolute Gasteiger partial charge is 0.322 e. The van der Waals surface area contributed by atoms with Crippen LogP contribution in [0.1, 0.15) is 6.92 Å². The van der Waals surface area contributed by atoms with Gasteiger partial charge in [0.25, 0.3) is 12.1 Å². The fraction of sp³-hybridized carbons (Fsp3) is 0.364. The number of nitrogens with zero attached hydrogens (tertiary/aromatic N) is 2.